The lowest BCUT2D eigenvalue weighted by molar-refractivity contribution is 0.563. The summed E-state index contributed by atoms with van der Waals surface area (Å²) in [6.45, 7) is 0. The van der Waals surface area contributed by atoms with Crippen LogP contribution < -0.4 is 11.5 Å². The fourth-order valence-electron chi connectivity index (χ4n) is 0.884. The minimum atomic E-state index is -1.87. The predicted octanol–water partition coefficient (Wildman–Crippen LogP) is 0.573. The van der Waals surface area contributed by atoms with Crippen LogP contribution in [-0.2, 0) is 16.8 Å². The number of nitrogens with two attached hydrogens (primary N) is 2. The van der Waals surface area contributed by atoms with Gasteiger partial charge < -0.3 is 16.0 Å². The van der Waals surface area contributed by atoms with Gasteiger partial charge in [-0.1, -0.05) is 0 Å². The van der Waals surface area contributed by atoms with Crippen LogP contribution in [0.2, 0.25) is 0 Å². The highest BCUT2D eigenvalue weighted by atomic mass is 32.2. The summed E-state index contributed by atoms with van der Waals surface area (Å²) in [5.41, 5.74) is 12.6. The molecule has 0 aliphatic rings. The molecule has 4 nitrogen and oxygen atoms in total. The van der Waals surface area contributed by atoms with E-state index in [1.54, 1.807) is 18.2 Å². The molecule has 1 atom stereocenters. The zero-order chi connectivity index (χ0) is 9.14. The Morgan fingerprint density at radius 2 is 2.08 bits per heavy atom. The van der Waals surface area contributed by atoms with Crippen molar-refractivity contribution in [2.45, 2.75) is 5.75 Å². The summed E-state index contributed by atoms with van der Waals surface area (Å²) < 4.78 is 19.0. The van der Waals surface area contributed by atoms with E-state index in [9.17, 15) is 4.21 Å². The van der Waals surface area contributed by atoms with E-state index in [2.05, 4.69) is 0 Å². The van der Waals surface area contributed by atoms with Crippen molar-refractivity contribution in [1.29, 1.82) is 0 Å². The first-order valence-electron chi connectivity index (χ1n) is 3.31. The van der Waals surface area contributed by atoms with E-state index in [1.807, 2.05) is 0 Å². The molecule has 1 rings (SSSR count). The third kappa shape index (κ3) is 2.21. The molecule has 0 fully saturated rings. The Hall–Kier alpha value is -1.07. The van der Waals surface area contributed by atoms with E-state index >= 15 is 0 Å². The highest BCUT2D eigenvalue weighted by Crippen LogP contribution is 2.16. The molecular weight excluding hydrogens is 176 g/mol. The third-order valence-electron chi connectivity index (χ3n) is 1.45. The first kappa shape index (κ1) is 9.02. The van der Waals surface area contributed by atoms with Crippen molar-refractivity contribution in [3.8, 4) is 0 Å². The molecule has 1 aromatic carbocycles. The molecule has 1 aromatic rings. The average Bonchev–Trinajstić information content (AvgIpc) is 1.96. The highest BCUT2D eigenvalue weighted by Gasteiger charge is 2.02. The van der Waals surface area contributed by atoms with E-state index in [-0.39, 0.29) is 5.75 Å². The first-order valence-corrected chi connectivity index (χ1v) is 4.58. The quantitative estimate of drug-likeness (QED) is 0.465. The van der Waals surface area contributed by atoms with Crippen molar-refractivity contribution >= 4 is 22.5 Å². The summed E-state index contributed by atoms with van der Waals surface area (Å²) in [5.74, 6) is 0.0247. The van der Waals surface area contributed by atoms with Crippen LogP contribution in [-0.4, -0.2) is 8.76 Å². The molecule has 0 spiro atoms. The molecule has 0 aliphatic heterocycles. The zero-order valence-corrected chi connectivity index (χ0v) is 7.17. The standard InChI is InChI=1S/C7H10N2O2S/c8-6-1-2-7(9)5(3-6)4-12(10)11/h1-3H,4,8-9H2,(H,10,11). The van der Waals surface area contributed by atoms with Crippen LogP contribution in [0.5, 0.6) is 0 Å². The van der Waals surface area contributed by atoms with E-state index in [0.29, 0.717) is 16.9 Å². The van der Waals surface area contributed by atoms with Crippen molar-refractivity contribution in [2.75, 3.05) is 11.5 Å². The third-order valence-corrected chi connectivity index (χ3v) is 2.00. The Morgan fingerprint density at radius 1 is 1.42 bits per heavy atom. The van der Waals surface area contributed by atoms with Crippen LogP contribution in [0.15, 0.2) is 18.2 Å². The average molecular weight is 186 g/mol. The van der Waals surface area contributed by atoms with Crippen LogP contribution in [0.1, 0.15) is 5.56 Å². The molecule has 0 aromatic heterocycles. The summed E-state index contributed by atoms with van der Waals surface area (Å²) in [4.78, 5) is 0. The Labute approximate surface area is 72.9 Å². The highest BCUT2D eigenvalue weighted by molar-refractivity contribution is 7.78. The maximum atomic E-state index is 10.4. The van der Waals surface area contributed by atoms with Crippen molar-refractivity contribution in [3.63, 3.8) is 0 Å². The molecule has 0 heterocycles. The molecule has 12 heavy (non-hydrogen) atoms. The summed E-state index contributed by atoms with van der Waals surface area (Å²) in [5, 5.41) is 0. The number of benzene rings is 1. The molecule has 0 amide bonds. The zero-order valence-electron chi connectivity index (χ0n) is 6.36. The van der Waals surface area contributed by atoms with Crippen molar-refractivity contribution < 1.29 is 8.76 Å². The molecule has 0 bridgehead atoms. The van der Waals surface area contributed by atoms with Gasteiger partial charge >= 0.3 is 0 Å². The van der Waals surface area contributed by atoms with Crippen molar-refractivity contribution in [2.24, 2.45) is 0 Å². The summed E-state index contributed by atoms with van der Waals surface area (Å²) >= 11 is -1.87. The molecule has 5 N–H and O–H groups in total. The van der Waals surface area contributed by atoms with Gasteiger partial charge in [0.2, 0.25) is 0 Å². The molecule has 0 saturated carbocycles. The smallest absolute Gasteiger partial charge is 0.157 e. The first-order chi connectivity index (χ1) is 5.59. The van der Waals surface area contributed by atoms with Gasteiger partial charge in [-0.2, -0.15) is 0 Å². The summed E-state index contributed by atoms with van der Waals surface area (Å²) in [6, 6.07) is 4.88. The van der Waals surface area contributed by atoms with Gasteiger partial charge in [-0.15, -0.1) is 0 Å². The molecule has 1 unspecified atom stereocenters. The largest absolute Gasteiger partial charge is 0.399 e. The van der Waals surface area contributed by atoms with Gasteiger partial charge in [0.1, 0.15) is 0 Å². The minimum Gasteiger partial charge on any atom is -0.399 e. The number of rotatable bonds is 2. The van der Waals surface area contributed by atoms with E-state index in [1.165, 1.54) is 0 Å². The Kier molecular flexibility index (Phi) is 2.67. The van der Waals surface area contributed by atoms with Gasteiger partial charge in [0, 0.05) is 11.4 Å². The van der Waals surface area contributed by atoms with E-state index in [0.717, 1.165) is 0 Å². The summed E-state index contributed by atoms with van der Waals surface area (Å²) in [6.07, 6.45) is 0. The second-order valence-corrected chi connectivity index (χ2v) is 3.36. The van der Waals surface area contributed by atoms with Gasteiger partial charge in [-0.25, -0.2) is 4.21 Å². The van der Waals surface area contributed by atoms with Gasteiger partial charge in [0.05, 0.1) is 5.75 Å². The number of hydrogen-bond acceptors (Lipinski definition) is 3. The Bertz CT molecular complexity index is 314. The van der Waals surface area contributed by atoms with Gasteiger partial charge in [-0.3, -0.25) is 0 Å². The number of nitrogen functional groups attached to an aromatic ring is 2. The van der Waals surface area contributed by atoms with Crippen LogP contribution >= 0.6 is 0 Å². The van der Waals surface area contributed by atoms with Crippen LogP contribution in [0.3, 0.4) is 0 Å². The lowest BCUT2D eigenvalue weighted by Crippen LogP contribution is -1.99. The lowest BCUT2D eigenvalue weighted by Gasteiger charge is -2.03. The Balaban J connectivity index is 2.97. The SMILES string of the molecule is Nc1ccc(N)c(CS(=O)O)c1. The normalized spacial score (nSPS) is 12.8. The van der Waals surface area contributed by atoms with Crippen LogP contribution in [0, 0.1) is 0 Å². The maximum absolute atomic E-state index is 10.4. The molecular formula is C7H10N2O2S. The minimum absolute atomic E-state index is 0.0247. The van der Waals surface area contributed by atoms with E-state index in [4.69, 9.17) is 16.0 Å². The number of hydrogen-bond donors (Lipinski definition) is 3. The van der Waals surface area contributed by atoms with Crippen LogP contribution in [0.25, 0.3) is 0 Å². The van der Waals surface area contributed by atoms with Gasteiger partial charge in [0.25, 0.3) is 0 Å². The second kappa shape index (κ2) is 3.55. The topological polar surface area (TPSA) is 89.3 Å². The van der Waals surface area contributed by atoms with Gasteiger partial charge in [0.15, 0.2) is 11.1 Å². The number of anilines is 2. The second-order valence-electron chi connectivity index (χ2n) is 2.42. The van der Waals surface area contributed by atoms with E-state index < -0.39 is 11.1 Å². The molecule has 0 radical (unpaired) electrons. The monoisotopic (exact) mass is 186 g/mol. The summed E-state index contributed by atoms with van der Waals surface area (Å²) in [7, 11) is 0. The molecule has 5 heteroatoms. The lowest BCUT2D eigenvalue weighted by atomic mass is 10.2. The van der Waals surface area contributed by atoms with Crippen LogP contribution in [0.4, 0.5) is 11.4 Å². The maximum Gasteiger partial charge on any atom is 0.157 e. The predicted molar refractivity (Wildman–Crippen MR) is 49.7 cm³/mol. The molecule has 0 aliphatic carbocycles. The fraction of sp³-hybridized carbons (Fsp3) is 0.143. The molecule has 0 saturated heterocycles. The Morgan fingerprint density at radius 3 is 2.67 bits per heavy atom. The van der Waals surface area contributed by atoms with Gasteiger partial charge in [-0.05, 0) is 23.8 Å². The van der Waals surface area contributed by atoms with Crippen molar-refractivity contribution in [1.82, 2.24) is 0 Å². The molecule has 66 valence electrons. The van der Waals surface area contributed by atoms with Crippen molar-refractivity contribution in [3.05, 3.63) is 23.8 Å². The fourth-order valence-corrected chi connectivity index (χ4v) is 1.40.